The zero-order valence-electron chi connectivity index (χ0n) is 5.71. The van der Waals surface area contributed by atoms with E-state index in [1.54, 1.807) is 12.5 Å². The van der Waals surface area contributed by atoms with Gasteiger partial charge in [0.15, 0.2) is 0 Å². The van der Waals surface area contributed by atoms with E-state index in [0.717, 1.165) is 18.8 Å². The Morgan fingerprint density at radius 3 is 3.20 bits per heavy atom. The van der Waals surface area contributed by atoms with Gasteiger partial charge in [0, 0.05) is 19.2 Å². The highest BCUT2D eigenvalue weighted by molar-refractivity contribution is 5.41. The van der Waals surface area contributed by atoms with Gasteiger partial charge in [-0.2, -0.15) is 0 Å². The minimum absolute atomic E-state index is 1.07. The molecule has 3 nitrogen and oxygen atoms in total. The standard InChI is InChI=1S/C7H10N2O/c1-3-8-9(4-1)7-2-5-10-6-7/h2,5-6,8H,1,3-4H2. The first-order valence-electron chi connectivity index (χ1n) is 3.50. The summed E-state index contributed by atoms with van der Waals surface area (Å²) in [5.41, 5.74) is 4.36. The van der Waals surface area contributed by atoms with E-state index in [-0.39, 0.29) is 0 Å². The molecule has 1 aromatic heterocycles. The zero-order valence-corrected chi connectivity index (χ0v) is 5.71. The largest absolute Gasteiger partial charge is 0.470 e. The van der Waals surface area contributed by atoms with E-state index in [4.69, 9.17) is 4.42 Å². The molecule has 10 heavy (non-hydrogen) atoms. The molecule has 0 bridgehead atoms. The van der Waals surface area contributed by atoms with Crippen LogP contribution in [0.15, 0.2) is 23.0 Å². The zero-order chi connectivity index (χ0) is 6.81. The topological polar surface area (TPSA) is 28.4 Å². The van der Waals surface area contributed by atoms with Gasteiger partial charge in [-0.3, -0.25) is 0 Å². The second-order valence-corrected chi connectivity index (χ2v) is 2.39. The fourth-order valence-corrected chi connectivity index (χ4v) is 1.16. The van der Waals surface area contributed by atoms with E-state index in [1.165, 1.54) is 6.42 Å². The van der Waals surface area contributed by atoms with Gasteiger partial charge in [-0.05, 0) is 6.42 Å². The summed E-state index contributed by atoms with van der Waals surface area (Å²) in [6, 6.07) is 1.96. The molecule has 0 amide bonds. The molecule has 1 aliphatic heterocycles. The summed E-state index contributed by atoms with van der Waals surface area (Å²) in [5.74, 6) is 0. The fourth-order valence-electron chi connectivity index (χ4n) is 1.16. The number of rotatable bonds is 1. The fraction of sp³-hybridized carbons (Fsp3) is 0.429. The highest BCUT2D eigenvalue weighted by Gasteiger charge is 2.11. The second kappa shape index (κ2) is 2.34. The number of hydrogen-bond donors (Lipinski definition) is 1. The van der Waals surface area contributed by atoms with Gasteiger partial charge in [-0.25, -0.2) is 5.43 Å². The normalized spacial score (nSPS) is 18.2. The van der Waals surface area contributed by atoms with Crippen molar-refractivity contribution in [2.75, 3.05) is 18.1 Å². The molecule has 1 aromatic rings. The summed E-state index contributed by atoms with van der Waals surface area (Å²) in [6.07, 6.45) is 4.65. The Labute approximate surface area is 59.6 Å². The molecule has 0 aliphatic carbocycles. The Hall–Kier alpha value is -0.960. The maximum Gasteiger partial charge on any atom is 0.115 e. The second-order valence-electron chi connectivity index (χ2n) is 2.39. The van der Waals surface area contributed by atoms with Crippen molar-refractivity contribution in [1.82, 2.24) is 5.43 Å². The van der Waals surface area contributed by atoms with Crippen LogP contribution in [-0.4, -0.2) is 13.1 Å². The Balaban J connectivity index is 2.12. The van der Waals surface area contributed by atoms with Crippen molar-refractivity contribution in [3.05, 3.63) is 18.6 Å². The molecule has 0 saturated carbocycles. The van der Waals surface area contributed by atoms with Crippen molar-refractivity contribution in [2.24, 2.45) is 0 Å². The van der Waals surface area contributed by atoms with E-state index in [2.05, 4.69) is 10.4 Å². The van der Waals surface area contributed by atoms with E-state index < -0.39 is 0 Å². The van der Waals surface area contributed by atoms with Gasteiger partial charge < -0.3 is 9.43 Å². The van der Waals surface area contributed by atoms with Crippen molar-refractivity contribution in [2.45, 2.75) is 6.42 Å². The maximum atomic E-state index is 4.95. The molecule has 2 heterocycles. The average Bonchev–Trinajstić information content (AvgIpc) is 2.59. The van der Waals surface area contributed by atoms with E-state index in [9.17, 15) is 0 Å². The van der Waals surface area contributed by atoms with Crippen molar-refractivity contribution < 1.29 is 4.42 Å². The summed E-state index contributed by atoms with van der Waals surface area (Å²) in [4.78, 5) is 0. The average molecular weight is 138 g/mol. The van der Waals surface area contributed by atoms with E-state index >= 15 is 0 Å². The van der Waals surface area contributed by atoms with Gasteiger partial charge in [-0.15, -0.1) is 0 Å². The summed E-state index contributed by atoms with van der Waals surface area (Å²) in [7, 11) is 0. The molecular weight excluding hydrogens is 128 g/mol. The molecule has 3 heteroatoms. The van der Waals surface area contributed by atoms with Crippen LogP contribution < -0.4 is 10.4 Å². The molecule has 1 N–H and O–H groups in total. The molecule has 0 atom stereocenters. The Morgan fingerprint density at radius 2 is 2.60 bits per heavy atom. The van der Waals surface area contributed by atoms with E-state index in [1.807, 2.05) is 6.07 Å². The van der Waals surface area contributed by atoms with Crippen LogP contribution in [0.3, 0.4) is 0 Å². The van der Waals surface area contributed by atoms with E-state index in [0.29, 0.717) is 0 Å². The van der Waals surface area contributed by atoms with Gasteiger partial charge in [0.25, 0.3) is 0 Å². The molecule has 54 valence electrons. The number of anilines is 1. The summed E-state index contributed by atoms with van der Waals surface area (Å²) >= 11 is 0. The van der Waals surface area contributed by atoms with Gasteiger partial charge in [-0.1, -0.05) is 0 Å². The lowest BCUT2D eigenvalue weighted by Gasteiger charge is -2.13. The maximum absolute atomic E-state index is 4.95. The lowest BCUT2D eigenvalue weighted by molar-refractivity contribution is 0.565. The third-order valence-corrected chi connectivity index (χ3v) is 1.68. The Kier molecular flexibility index (Phi) is 1.36. The van der Waals surface area contributed by atoms with Crippen LogP contribution in [0, 0.1) is 0 Å². The molecule has 0 aromatic carbocycles. The van der Waals surface area contributed by atoms with Crippen LogP contribution >= 0.6 is 0 Å². The predicted molar refractivity (Wildman–Crippen MR) is 38.7 cm³/mol. The number of hydrazine groups is 1. The first-order chi connectivity index (χ1) is 4.97. The van der Waals surface area contributed by atoms with Gasteiger partial charge >= 0.3 is 0 Å². The molecule has 2 rings (SSSR count). The summed E-state index contributed by atoms with van der Waals surface area (Å²) in [5, 5.41) is 2.10. The van der Waals surface area contributed by atoms with Gasteiger partial charge in [0.05, 0.1) is 12.0 Å². The number of hydrogen-bond acceptors (Lipinski definition) is 3. The lowest BCUT2D eigenvalue weighted by Crippen LogP contribution is -2.29. The van der Waals surface area contributed by atoms with Crippen molar-refractivity contribution in [3.8, 4) is 0 Å². The highest BCUT2D eigenvalue weighted by Crippen LogP contribution is 2.14. The predicted octanol–water partition coefficient (Wildman–Crippen LogP) is 0.994. The summed E-state index contributed by atoms with van der Waals surface area (Å²) in [6.45, 7) is 2.16. The van der Waals surface area contributed by atoms with Gasteiger partial charge in [0.2, 0.25) is 0 Å². The molecule has 1 aliphatic rings. The molecule has 0 spiro atoms. The molecule has 0 unspecified atom stereocenters. The number of nitrogens with zero attached hydrogens (tertiary/aromatic N) is 1. The quantitative estimate of drug-likeness (QED) is 0.627. The van der Waals surface area contributed by atoms with Crippen molar-refractivity contribution in [3.63, 3.8) is 0 Å². The molecular formula is C7H10N2O. The SMILES string of the molecule is c1cc(N2CCCN2)co1. The summed E-state index contributed by atoms with van der Waals surface area (Å²) < 4.78 is 4.95. The number of furan rings is 1. The molecule has 1 fully saturated rings. The Morgan fingerprint density at radius 1 is 1.60 bits per heavy atom. The van der Waals surface area contributed by atoms with Crippen LogP contribution in [0.2, 0.25) is 0 Å². The lowest BCUT2D eigenvalue weighted by atomic mass is 10.4. The van der Waals surface area contributed by atoms with Crippen LogP contribution in [0.5, 0.6) is 0 Å². The van der Waals surface area contributed by atoms with Crippen LogP contribution in [0.4, 0.5) is 5.69 Å². The third kappa shape index (κ3) is 0.885. The van der Waals surface area contributed by atoms with Crippen LogP contribution in [0.25, 0.3) is 0 Å². The number of nitrogens with one attached hydrogen (secondary N) is 1. The third-order valence-electron chi connectivity index (χ3n) is 1.68. The van der Waals surface area contributed by atoms with Crippen molar-refractivity contribution >= 4 is 5.69 Å². The first-order valence-corrected chi connectivity index (χ1v) is 3.50. The first kappa shape index (κ1) is 5.80. The van der Waals surface area contributed by atoms with Crippen molar-refractivity contribution in [1.29, 1.82) is 0 Å². The minimum atomic E-state index is 1.07. The molecule has 0 radical (unpaired) electrons. The van der Waals surface area contributed by atoms with Crippen LogP contribution in [0.1, 0.15) is 6.42 Å². The smallest absolute Gasteiger partial charge is 0.115 e. The minimum Gasteiger partial charge on any atom is -0.470 e. The highest BCUT2D eigenvalue weighted by atomic mass is 16.3. The van der Waals surface area contributed by atoms with Gasteiger partial charge in [0.1, 0.15) is 6.26 Å². The Bertz CT molecular complexity index is 189. The molecule has 1 saturated heterocycles. The van der Waals surface area contributed by atoms with Crippen LogP contribution in [-0.2, 0) is 0 Å². The monoisotopic (exact) mass is 138 g/mol.